The second kappa shape index (κ2) is 14.1. The van der Waals surface area contributed by atoms with Crippen LogP contribution < -0.4 is 16.0 Å². The van der Waals surface area contributed by atoms with Crippen LogP contribution in [0, 0.1) is 0 Å². The van der Waals surface area contributed by atoms with Gasteiger partial charge < -0.3 is 16.0 Å². The number of fused-ring (bicyclic) bond motifs is 1. The van der Waals surface area contributed by atoms with Crippen molar-refractivity contribution in [3.8, 4) is 0 Å². The molecule has 0 heterocycles. The van der Waals surface area contributed by atoms with Gasteiger partial charge in [-0.1, -0.05) is 66.7 Å². The number of anilines is 2. The molecule has 0 saturated heterocycles. The molecule has 44 heavy (non-hydrogen) atoms. The van der Waals surface area contributed by atoms with Crippen LogP contribution in [0.15, 0.2) is 132 Å². The van der Waals surface area contributed by atoms with Crippen LogP contribution in [0.4, 0.5) is 11.4 Å². The van der Waals surface area contributed by atoms with Crippen LogP contribution in [-0.4, -0.2) is 29.3 Å². The van der Waals surface area contributed by atoms with Crippen molar-refractivity contribution in [2.24, 2.45) is 0 Å². The molecule has 3 N–H and O–H groups in total. The minimum absolute atomic E-state index is 0.0415. The van der Waals surface area contributed by atoms with Crippen LogP contribution in [-0.2, 0) is 9.59 Å². The number of ketones is 1. The number of hydrogen-bond acceptors (Lipinski definition) is 5. The van der Waals surface area contributed by atoms with Gasteiger partial charge in [-0.3, -0.25) is 19.2 Å². The van der Waals surface area contributed by atoms with Crippen molar-refractivity contribution in [2.75, 3.05) is 16.4 Å². The standard InChI is InChI=1S/C36H29N3O4S/c1-24(40)25-17-19-29(20-18-25)37-34(41)23-44-31-15-8-14-30(22-31)38-36(43)33(39-35(42)27-10-3-2-4-11-27)21-28-13-7-12-26-9-5-6-16-32(26)28/h2-22H,23H2,1H3,(H,37,41)(H,38,43)(H,39,42)/b33-21+. The fourth-order valence-electron chi connectivity index (χ4n) is 4.47. The highest BCUT2D eigenvalue weighted by molar-refractivity contribution is 8.00. The highest BCUT2D eigenvalue weighted by Crippen LogP contribution is 2.24. The summed E-state index contributed by atoms with van der Waals surface area (Å²) in [6, 6.07) is 36.2. The number of Topliss-reactive ketones (excluding diaryl/α,β-unsaturated/α-hetero) is 1. The molecular weight excluding hydrogens is 570 g/mol. The Bertz CT molecular complexity index is 1860. The quantitative estimate of drug-likeness (QED) is 0.0896. The van der Waals surface area contributed by atoms with E-state index >= 15 is 0 Å². The number of thioether (sulfide) groups is 1. The van der Waals surface area contributed by atoms with Gasteiger partial charge in [-0.2, -0.15) is 0 Å². The molecule has 0 saturated carbocycles. The predicted molar refractivity (Wildman–Crippen MR) is 177 cm³/mol. The van der Waals surface area contributed by atoms with Crippen molar-refractivity contribution >= 4 is 63.5 Å². The smallest absolute Gasteiger partial charge is 0.272 e. The normalized spacial score (nSPS) is 11.1. The first-order valence-electron chi connectivity index (χ1n) is 13.9. The summed E-state index contributed by atoms with van der Waals surface area (Å²) >= 11 is 1.32. The Balaban J connectivity index is 1.30. The van der Waals surface area contributed by atoms with Crippen molar-refractivity contribution in [3.63, 3.8) is 0 Å². The highest BCUT2D eigenvalue weighted by Gasteiger charge is 2.16. The number of carbonyl (C=O) groups excluding carboxylic acids is 4. The van der Waals surface area contributed by atoms with E-state index in [0.29, 0.717) is 22.5 Å². The average molecular weight is 600 g/mol. The summed E-state index contributed by atoms with van der Waals surface area (Å²) < 4.78 is 0. The Hall–Kier alpha value is -5.47. The molecule has 0 spiro atoms. The van der Waals surface area contributed by atoms with E-state index in [-0.39, 0.29) is 23.1 Å². The lowest BCUT2D eigenvalue weighted by Gasteiger charge is -2.13. The number of amides is 3. The number of benzene rings is 5. The summed E-state index contributed by atoms with van der Waals surface area (Å²) in [5.41, 5.74) is 2.99. The Kier molecular flexibility index (Phi) is 9.64. The zero-order chi connectivity index (χ0) is 30.9. The van der Waals surface area contributed by atoms with Gasteiger partial charge in [0.25, 0.3) is 11.8 Å². The molecular formula is C36H29N3O4S. The van der Waals surface area contributed by atoms with Gasteiger partial charge >= 0.3 is 0 Å². The van der Waals surface area contributed by atoms with E-state index in [0.717, 1.165) is 21.2 Å². The first-order valence-corrected chi connectivity index (χ1v) is 14.9. The summed E-state index contributed by atoms with van der Waals surface area (Å²) in [5.74, 6) is -0.996. The van der Waals surface area contributed by atoms with Crippen LogP contribution in [0.1, 0.15) is 33.2 Å². The maximum Gasteiger partial charge on any atom is 0.272 e. The Morgan fingerprint density at radius 3 is 2.16 bits per heavy atom. The molecule has 8 heteroatoms. The van der Waals surface area contributed by atoms with E-state index in [1.165, 1.54) is 18.7 Å². The average Bonchev–Trinajstić information content (AvgIpc) is 3.04. The number of carbonyl (C=O) groups is 4. The fourth-order valence-corrected chi connectivity index (χ4v) is 5.23. The SMILES string of the molecule is CC(=O)c1ccc(NC(=O)CSc2cccc(NC(=O)/C(=C\c3cccc4ccccc34)NC(=O)c3ccccc3)c2)cc1. The molecule has 0 fully saturated rings. The molecule has 0 bridgehead atoms. The summed E-state index contributed by atoms with van der Waals surface area (Å²) in [6.45, 7) is 1.49. The predicted octanol–water partition coefficient (Wildman–Crippen LogP) is 7.18. The molecule has 0 unspecified atom stereocenters. The first-order chi connectivity index (χ1) is 21.4. The molecule has 0 aliphatic heterocycles. The van der Waals surface area contributed by atoms with Crippen molar-refractivity contribution in [3.05, 3.63) is 144 Å². The lowest BCUT2D eigenvalue weighted by atomic mass is 10.0. The highest BCUT2D eigenvalue weighted by atomic mass is 32.2. The van der Waals surface area contributed by atoms with E-state index in [1.54, 1.807) is 72.8 Å². The van der Waals surface area contributed by atoms with Gasteiger partial charge in [0.05, 0.1) is 5.75 Å². The summed E-state index contributed by atoms with van der Waals surface area (Å²) in [7, 11) is 0. The zero-order valence-electron chi connectivity index (χ0n) is 23.9. The first kappa shape index (κ1) is 30.0. The van der Waals surface area contributed by atoms with Crippen LogP contribution in [0.25, 0.3) is 16.8 Å². The van der Waals surface area contributed by atoms with Gasteiger partial charge in [0, 0.05) is 27.4 Å². The Morgan fingerprint density at radius 2 is 1.39 bits per heavy atom. The van der Waals surface area contributed by atoms with E-state index in [9.17, 15) is 19.2 Å². The van der Waals surface area contributed by atoms with Crippen molar-refractivity contribution < 1.29 is 19.2 Å². The maximum atomic E-state index is 13.6. The summed E-state index contributed by atoms with van der Waals surface area (Å²) in [5, 5.41) is 10.4. The van der Waals surface area contributed by atoms with E-state index in [4.69, 9.17) is 0 Å². The molecule has 3 amide bonds. The zero-order valence-corrected chi connectivity index (χ0v) is 24.7. The summed E-state index contributed by atoms with van der Waals surface area (Å²) in [4.78, 5) is 51.4. The van der Waals surface area contributed by atoms with Gasteiger partial charge in [0.15, 0.2) is 5.78 Å². The van der Waals surface area contributed by atoms with Crippen LogP contribution in [0.3, 0.4) is 0 Å². The molecule has 0 aromatic heterocycles. The topological polar surface area (TPSA) is 104 Å². The van der Waals surface area contributed by atoms with E-state index < -0.39 is 11.8 Å². The third-order valence-electron chi connectivity index (χ3n) is 6.69. The van der Waals surface area contributed by atoms with Gasteiger partial charge in [0.2, 0.25) is 5.91 Å². The summed E-state index contributed by atoms with van der Waals surface area (Å²) in [6.07, 6.45) is 1.67. The fraction of sp³-hybridized carbons (Fsp3) is 0.0556. The van der Waals surface area contributed by atoms with Crippen LogP contribution >= 0.6 is 11.8 Å². The van der Waals surface area contributed by atoms with Gasteiger partial charge in [-0.05, 0) is 83.9 Å². The number of hydrogen-bond donors (Lipinski definition) is 3. The van der Waals surface area contributed by atoms with Crippen molar-refractivity contribution in [1.29, 1.82) is 0 Å². The Morgan fingerprint density at radius 1 is 0.682 bits per heavy atom. The van der Waals surface area contributed by atoms with Gasteiger partial charge in [-0.25, -0.2) is 0 Å². The molecule has 5 aromatic carbocycles. The minimum atomic E-state index is -0.490. The molecule has 0 atom stereocenters. The lowest BCUT2D eigenvalue weighted by Crippen LogP contribution is -2.30. The largest absolute Gasteiger partial charge is 0.325 e. The van der Waals surface area contributed by atoms with E-state index in [2.05, 4.69) is 16.0 Å². The lowest BCUT2D eigenvalue weighted by molar-refractivity contribution is -0.114. The molecule has 5 rings (SSSR count). The second-order valence-corrected chi connectivity index (χ2v) is 10.9. The van der Waals surface area contributed by atoms with Crippen LogP contribution in [0.2, 0.25) is 0 Å². The van der Waals surface area contributed by atoms with Crippen molar-refractivity contribution in [2.45, 2.75) is 11.8 Å². The molecule has 218 valence electrons. The second-order valence-electron chi connectivity index (χ2n) is 9.90. The molecule has 0 radical (unpaired) electrons. The minimum Gasteiger partial charge on any atom is -0.325 e. The molecule has 0 aliphatic rings. The number of rotatable bonds is 10. The maximum absolute atomic E-state index is 13.6. The Labute approximate surface area is 259 Å². The molecule has 0 aliphatic carbocycles. The van der Waals surface area contributed by atoms with Gasteiger partial charge in [-0.15, -0.1) is 11.8 Å². The van der Waals surface area contributed by atoms with Crippen molar-refractivity contribution in [1.82, 2.24) is 5.32 Å². The third-order valence-corrected chi connectivity index (χ3v) is 7.68. The molecule has 5 aromatic rings. The van der Waals surface area contributed by atoms with Gasteiger partial charge in [0.1, 0.15) is 5.70 Å². The monoisotopic (exact) mass is 599 g/mol. The third kappa shape index (κ3) is 7.87. The number of nitrogens with one attached hydrogen (secondary N) is 3. The van der Waals surface area contributed by atoms with Crippen LogP contribution in [0.5, 0.6) is 0 Å². The molecule has 7 nitrogen and oxygen atoms in total. The van der Waals surface area contributed by atoms with E-state index in [1.807, 2.05) is 54.6 Å².